The molecule has 0 unspecified atom stereocenters. The fourth-order valence-corrected chi connectivity index (χ4v) is 5.06. The number of benzene rings is 1. The summed E-state index contributed by atoms with van der Waals surface area (Å²) in [5.41, 5.74) is 4.92. The van der Waals surface area contributed by atoms with Crippen molar-refractivity contribution in [3.63, 3.8) is 0 Å². The Kier molecular flexibility index (Phi) is 6.32. The quantitative estimate of drug-likeness (QED) is 0.587. The lowest BCUT2D eigenvalue weighted by Crippen LogP contribution is -2.38. The summed E-state index contributed by atoms with van der Waals surface area (Å²) in [4.78, 5) is 16.2. The van der Waals surface area contributed by atoms with Gasteiger partial charge < -0.3 is 5.32 Å². The number of carbonyl (C=O) groups excluding carboxylic acids is 1. The van der Waals surface area contributed by atoms with Gasteiger partial charge in [-0.15, -0.1) is 21.5 Å². The van der Waals surface area contributed by atoms with Gasteiger partial charge in [-0.3, -0.25) is 14.3 Å². The highest BCUT2D eigenvalue weighted by Crippen LogP contribution is 2.24. The fourth-order valence-electron chi connectivity index (χ4n) is 3.41. The van der Waals surface area contributed by atoms with Crippen molar-refractivity contribution in [2.75, 3.05) is 25.4 Å². The second-order valence-electron chi connectivity index (χ2n) is 7.29. The highest BCUT2D eigenvalue weighted by molar-refractivity contribution is 7.99. The standard InChI is InChI=1S/C21H25N5OS2/c1-15-3-4-18(11-16(15)2)26-14-23-24-21(26)29-13-20(27)22-7-9-25-8-5-19-17(12-25)6-10-28-19/h3-4,6,10-11,14H,5,7-9,12-13H2,1-2H3,(H,22,27). The van der Waals surface area contributed by atoms with Crippen LogP contribution in [0.25, 0.3) is 5.69 Å². The number of amides is 1. The van der Waals surface area contributed by atoms with Crippen LogP contribution in [0.15, 0.2) is 41.1 Å². The first-order valence-electron chi connectivity index (χ1n) is 9.75. The van der Waals surface area contributed by atoms with E-state index in [-0.39, 0.29) is 5.91 Å². The predicted octanol–water partition coefficient (Wildman–Crippen LogP) is 3.21. The van der Waals surface area contributed by atoms with E-state index in [1.54, 1.807) is 6.33 Å². The molecule has 0 radical (unpaired) electrons. The Labute approximate surface area is 179 Å². The Balaban J connectivity index is 1.24. The molecule has 0 saturated heterocycles. The number of nitrogens with zero attached hydrogens (tertiary/aromatic N) is 4. The van der Waals surface area contributed by atoms with E-state index in [4.69, 9.17) is 0 Å². The maximum absolute atomic E-state index is 12.3. The topological polar surface area (TPSA) is 63.1 Å². The zero-order valence-electron chi connectivity index (χ0n) is 16.7. The average Bonchev–Trinajstić information content (AvgIpc) is 3.37. The maximum Gasteiger partial charge on any atom is 0.230 e. The molecule has 3 heterocycles. The number of hydrogen-bond acceptors (Lipinski definition) is 6. The molecule has 0 saturated carbocycles. The number of aromatic nitrogens is 3. The van der Waals surface area contributed by atoms with Gasteiger partial charge in [0.25, 0.3) is 0 Å². The van der Waals surface area contributed by atoms with Crippen molar-refractivity contribution in [3.8, 4) is 5.69 Å². The minimum absolute atomic E-state index is 0.0258. The molecule has 0 atom stereocenters. The Bertz CT molecular complexity index is 997. The third-order valence-electron chi connectivity index (χ3n) is 5.25. The van der Waals surface area contributed by atoms with E-state index in [2.05, 4.69) is 57.8 Å². The molecular weight excluding hydrogens is 402 g/mol. The van der Waals surface area contributed by atoms with Crippen LogP contribution in [0.5, 0.6) is 0 Å². The summed E-state index contributed by atoms with van der Waals surface area (Å²) >= 11 is 3.26. The SMILES string of the molecule is Cc1ccc(-n2cnnc2SCC(=O)NCCN2CCc3sccc3C2)cc1C. The lowest BCUT2D eigenvalue weighted by Gasteiger charge is -2.26. The number of rotatable bonds is 7. The Morgan fingerprint density at radius 1 is 1.28 bits per heavy atom. The molecule has 1 aliphatic heterocycles. The van der Waals surface area contributed by atoms with E-state index < -0.39 is 0 Å². The molecule has 29 heavy (non-hydrogen) atoms. The van der Waals surface area contributed by atoms with Gasteiger partial charge in [0.05, 0.1) is 5.75 Å². The van der Waals surface area contributed by atoms with Crippen molar-refractivity contribution in [1.29, 1.82) is 0 Å². The van der Waals surface area contributed by atoms with Crippen LogP contribution >= 0.6 is 23.1 Å². The highest BCUT2D eigenvalue weighted by atomic mass is 32.2. The molecular formula is C21H25N5OS2. The molecule has 0 spiro atoms. The van der Waals surface area contributed by atoms with Crippen molar-refractivity contribution >= 4 is 29.0 Å². The second kappa shape index (κ2) is 9.11. The van der Waals surface area contributed by atoms with Crippen LogP contribution in [0.2, 0.25) is 0 Å². The number of thioether (sulfide) groups is 1. The molecule has 1 N–H and O–H groups in total. The van der Waals surface area contributed by atoms with Gasteiger partial charge in [0.15, 0.2) is 5.16 Å². The normalized spacial score (nSPS) is 14.0. The van der Waals surface area contributed by atoms with Gasteiger partial charge in [-0.05, 0) is 60.5 Å². The Morgan fingerprint density at radius 2 is 2.17 bits per heavy atom. The van der Waals surface area contributed by atoms with Crippen LogP contribution in [-0.2, 0) is 17.8 Å². The van der Waals surface area contributed by atoms with Crippen LogP contribution in [0.4, 0.5) is 0 Å². The molecule has 8 heteroatoms. The van der Waals surface area contributed by atoms with E-state index in [1.165, 1.54) is 33.3 Å². The van der Waals surface area contributed by atoms with Crippen molar-refractivity contribution < 1.29 is 4.79 Å². The van der Waals surface area contributed by atoms with Crippen molar-refractivity contribution in [1.82, 2.24) is 25.0 Å². The molecule has 1 aliphatic rings. The van der Waals surface area contributed by atoms with E-state index in [9.17, 15) is 4.79 Å². The average molecular weight is 428 g/mol. The third-order valence-corrected chi connectivity index (χ3v) is 7.22. The molecule has 2 aromatic heterocycles. The monoisotopic (exact) mass is 427 g/mol. The lowest BCUT2D eigenvalue weighted by molar-refractivity contribution is -0.118. The molecule has 152 valence electrons. The highest BCUT2D eigenvalue weighted by Gasteiger charge is 2.17. The van der Waals surface area contributed by atoms with Crippen molar-refractivity contribution in [3.05, 3.63) is 57.5 Å². The number of aryl methyl sites for hydroxylation is 2. The molecule has 4 rings (SSSR count). The number of thiophene rings is 1. The van der Waals surface area contributed by atoms with Crippen LogP contribution in [-0.4, -0.2) is 51.0 Å². The largest absolute Gasteiger partial charge is 0.354 e. The van der Waals surface area contributed by atoms with Crippen LogP contribution in [0, 0.1) is 13.8 Å². The summed E-state index contributed by atoms with van der Waals surface area (Å²) in [6.07, 6.45) is 2.81. The third kappa shape index (κ3) is 4.88. The number of nitrogens with one attached hydrogen (secondary N) is 1. The van der Waals surface area contributed by atoms with Crippen LogP contribution < -0.4 is 5.32 Å². The van der Waals surface area contributed by atoms with Gasteiger partial charge in [-0.25, -0.2) is 0 Å². The maximum atomic E-state index is 12.3. The molecule has 0 bridgehead atoms. The van der Waals surface area contributed by atoms with Gasteiger partial charge in [0.2, 0.25) is 5.91 Å². The van der Waals surface area contributed by atoms with Gasteiger partial charge in [0.1, 0.15) is 6.33 Å². The van der Waals surface area contributed by atoms with Crippen molar-refractivity contribution in [2.24, 2.45) is 0 Å². The number of hydrogen-bond donors (Lipinski definition) is 1. The Hall–Kier alpha value is -2.16. The van der Waals surface area contributed by atoms with Gasteiger partial charge in [0, 0.05) is 36.7 Å². The minimum atomic E-state index is 0.0258. The van der Waals surface area contributed by atoms with E-state index >= 15 is 0 Å². The predicted molar refractivity (Wildman–Crippen MR) is 118 cm³/mol. The molecule has 6 nitrogen and oxygen atoms in total. The first kappa shape index (κ1) is 20.1. The zero-order valence-corrected chi connectivity index (χ0v) is 18.4. The molecule has 0 fully saturated rings. The summed E-state index contributed by atoms with van der Waals surface area (Å²) < 4.78 is 1.93. The van der Waals surface area contributed by atoms with Crippen molar-refractivity contribution in [2.45, 2.75) is 32.0 Å². The number of fused-ring (bicyclic) bond motifs is 1. The fraction of sp³-hybridized carbons (Fsp3) is 0.381. The zero-order chi connectivity index (χ0) is 20.2. The summed E-state index contributed by atoms with van der Waals surface area (Å²) in [6.45, 7) is 7.78. The Morgan fingerprint density at radius 3 is 3.03 bits per heavy atom. The van der Waals surface area contributed by atoms with Gasteiger partial charge in [-0.1, -0.05) is 17.8 Å². The summed E-state index contributed by atoms with van der Waals surface area (Å²) in [7, 11) is 0. The first-order chi connectivity index (χ1) is 14.1. The lowest BCUT2D eigenvalue weighted by atomic mass is 10.1. The van der Waals surface area contributed by atoms with E-state index in [1.807, 2.05) is 22.0 Å². The van der Waals surface area contributed by atoms with E-state index in [0.717, 1.165) is 36.9 Å². The van der Waals surface area contributed by atoms with Gasteiger partial charge in [-0.2, -0.15) is 0 Å². The molecule has 0 aliphatic carbocycles. The van der Waals surface area contributed by atoms with Crippen LogP contribution in [0.1, 0.15) is 21.6 Å². The summed E-state index contributed by atoms with van der Waals surface area (Å²) in [6, 6.07) is 8.46. The summed E-state index contributed by atoms with van der Waals surface area (Å²) in [5.74, 6) is 0.357. The second-order valence-corrected chi connectivity index (χ2v) is 9.23. The molecule has 1 aromatic carbocycles. The van der Waals surface area contributed by atoms with Gasteiger partial charge >= 0.3 is 0 Å². The minimum Gasteiger partial charge on any atom is -0.354 e. The van der Waals surface area contributed by atoms with Crippen LogP contribution in [0.3, 0.4) is 0 Å². The summed E-state index contributed by atoms with van der Waals surface area (Å²) in [5, 5.41) is 14.1. The first-order valence-corrected chi connectivity index (χ1v) is 11.6. The molecule has 3 aromatic rings. The molecule has 1 amide bonds. The number of carbonyl (C=O) groups is 1. The van der Waals surface area contributed by atoms with E-state index in [0.29, 0.717) is 12.3 Å². The smallest absolute Gasteiger partial charge is 0.230 e.